The van der Waals surface area contributed by atoms with Crippen LogP contribution in [0, 0.1) is 10.1 Å². The first-order chi connectivity index (χ1) is 12.5. The molecule has 0 amide bonds. The molecule has 8 nitrogen and oxygen atoms in total. The highest BCUT2D eigenvalue weighted by atomic mass is 32.2. The highest BCUT2D eigenvalue weighted by Crippen LogP contribution is 2.17. The third-order valence-corrected chi connectivity index (χ3v) is 5.24. The van der Waals surface area contributed by atoms with E-state index >= 15 is 0 Å². The summed E-state index contributed by atoms with van der Waals surface area (Å²) in [6.07, 6.45) is 3.51. The van der Waals surface area contributed by atoms with Gasteiger partial charge in [-0.25, -0.2) is 13.1 Å². The molecule has 3 rings (SSSR count). The summed E-state index contributed by atoms with van der Waals surface area (Å²) >= 11 is 0. The van der Waals surface area contributed by atoms with Crippen LogP contribution in [0.1, 0.15) is 11.1 Å². The van der Waals surface area contributed by atoms with Crippen molar-refractivity contribution >= 4 is 15.7 Å². The van der Waals surface area contributed by atoms with E-state index in [1.165, 1.54) is 24.3 Å². The fraction of sp³-hybridized carbons (Fsp3) is 0.118. The third-order valence-electron chi connectivity index (χ3n) is 3.82. The first kappa shape index (κ1) is 17.8. The number of benzene rings is 2. The van der Waals surface area contributed by atoms with Crippen LogP contribution in [0.2, 0.25) is 0 Å². The predicted molar refractivity (Wildman–Crippen MR) is 94.9 cm³/mol. The van der Waals surface area contributed by atoms with Gasteiger partial charge in [0.15, 0.2) is 0 Å². The van der Waals surface area contributed by atoms with Gasteiger partial charge in [-0.3, -0.25) is 14.8 Å². The molecular formula is C17H16N4O4S. The van der Waals surface area contributed by atoms with E-state index < -0.39 is 14.9 Å². The van der Waals surface area contributed by atoms with Crippen molar-refractivity contribution in [1.82, 2.24) is 14.5 Å². The number of aromatic nitrogens is 2. The Kier molecular flexibility index (Phi) is 5.10. The standard InChI is InChI=1S/C17H16N4O4S/c22-21(23)16-6-8-17(9-7-16)26(24,25)19-12-14-4-1-2-5-15(14)13-20-11-3-10-18-20/h1-11,19H,12-13H2. The molecule has 0 unspecified atom stereocenters. The molecule has 0 saturated carbocycles. The number of nitrogens with zero attached hydrogens (tertiary/aromatic N) is 3. The molecule has 1 N–H and O–H groups in total. The number of nitro groups is 1. The second kappa shape index (κ2) is 7.46. The summed E-state index contributed by atoms with van der Waals surface area (Å²) in [6.45, 7) is 0.638. The Morgan fingerprint density at radius 3 is 2.35 bits per heavy atom. The molecule has 134 valence electrons. The van der Waals surface area contributed by atoms with E-state index in [1.54, 1.807) is 10.9 Å². The maximum Gasteiger partial charge on any atom is 0.269 e. The van der Waals surface area contributed by atoms with Crippen LogP contribution in [0.15, 0.2) is 71.9 Å². The Labute approximate surface area is 150 Å². The van der Waals surface area contributed by atoms with Gasteiger partial charge in [-0.1, -0.05) is 24.3 Å². The lowest BCUT2D eigenvalue weighted by Crippen LogP contribution is -2.24. The van der Waals surface area contributed by atoms with Crippen LogP contribution in [-0.4, -0.2) is 23.1 Å². The van der Waals surface area contributed by atoms with Gasteiger partial charge in [0.25, 0.3) is 5.69 Å². The maximum absolute atomic E-state index is 12.4. The van der Waals surface area contributed by atoms with Crippen molar-refractivity contribution < 1.29 is 13.3 Å². The van der Waals surface area contributed by atoms with Crippen LogP contribution >= 0.6 is 0 Å². The van der Waals surface area contributed by atoms with E-state index in [2.05, 4.69) is 9.82 Å². The van der Waals surface area contributed by atoms with Crippen molar-refractivity contribution in [3.8, 4) is 0 Å². The lowest BCUT2D eigenvalue weighted by Gasteiger charge is -2.11. The Bertz CT molecular complexity index is 1000. The molecule has 1 heterocycles. The number of sulfonamides is 1. The summed E-state index contributed by atoms with van der Waals surface area (Å²) in [4.78, 5) is 10.1. The van der Waals surface area contributed by atoms with Crippen molar-refractivity contribution in [2.24, 2.45) is 0 Å². The molecule has 9 heteroatoms. The Morgan fingerprint density at radius 2 is 1.73 bits per heavy atom. The fourth-order valence-electron chi connectivity index (χ4n) is 2.46. The minimum absolute atomic E-state index is 0.0207. The molecule has 0 radical (unpaired) electrons. The van der Waals surface area contributed by atoms with Crippen molar-refractivity contribution in [1.29, 1.82) is 0 Å². The number of hydrogen-bond donors (Lipinski definition) is 1. The van der Waals surface area contributed by atoms with Crippen LogP contribution < -0.4 is 4.72 Å². The first-order valence-electron chi connectivity index (χ1n) is 7.74. The van der Waals surface area contributed by atoms with Crippen molar-refractivity contribution in [2.75, 3.05) is 0 Å². The van der Waals surface area contributed by atoms with Gasteiger partial charge in [-0.05, 0) is 29.3 Å². The van der Waals surface area contributed by atoms with E-state index in [-0.39, 0.29) is 17.1 Å². The predicted octanol–water partition coefficient (Wildman–Crippen LogP) is 2.32. The van der Waals surface area contributed by atoms with Gasteiger partial charge in [0.05, 0.1) is 16.4 Å². The number of non-ortho nitro benzene ring substituents is 1. The maximum atomic E-state index is 12.4. The molecule has 2 aromatic carbocycles. The molecule has 1 aromatic heterocycles. The minimum atomic E-state index is -3.77. The molecule has 0 aliphatic heterocycles. The highest BCUT2D eigenvalue weighted by molar-refractivity contribution is 7.89. The van der Waals surface area contributed by atoms with E-state index in [9.17, 15) is 18.5 Å². The molecule has 0 spiro atoms. The van der Waals surface area contributed by atoms with Gasteiger partial charge in [-0.2, -0.15) is 5.10 Å². The average Bonchev–Trinajstić information content (AvgIpc) is 3.14. The normalized spacial score (nSPS) is 11.4. The number of nitrogens with one attached hydrogen (secondary N) is 1. The lowest BCUT2D eigenvalue weighted by atomic mass is 10.1. The Morgan fingerprint density at radius 1 is 1.04 bits per heavy atom. The van der Waals surface area contributed by atoms with Crippen molar-refractivity contribution in [3.05, 3.63) is 88.2 Å². The summed E-state index contributed by atoms with van der Waals surface area (Å²) in [6, 6.07) is 14.1. The third kappa shape index (κ3) is 4.13. The smallest absolute Gasteiger partial charge is 0.268 e. The highest BCUT2D eigenvalue weighted by Gasteiger charge is 2.16. The Hall–Kier alpha value is -3.04. The monoisotopic (exact) mass is 372 g/mol. The molecule has 0 aliphatic rings. The van der Waals surface area contributed by atoms with E-state index in [4.69, 9.17) is 0 Å². The van der Waals surface area contributed by atoms with Gasteiger partial charge in [-0.15, -0.1) is 0 Å². The topological polar surface area (TPSA) is 107 Å². The summed E-state index contributed by atoms with van der Waals surface area (Å²) < 4.78 is 29.1. The fourth-order valence-corrected chi connectivity index (χ4v) is 3.46. The lowest BCUT2D eigenvalue weighted by molar-refractivity contribution is -0.384. The second-order valence-corrected chi connectivity index (χ2v) is 7.31. The number of nitro benzene ring substituents is 1. The van der Waals surface area contributed by atoms with Gasteiger partial charge < -0.3 is 0 Å². The van der Waals surface area contributed by atoms with E-state index in [0.717, 1.165) is 11.1 Å². The molecular weight excluding hydrogens is 356 g/mol. The zero-order valence-corrected chi connectivity index (χ0v) is 14.5. The van der Waals surface area contributed by atoms with Crippen LogP contribution in [0.25, 0.3) is 0 Å². The largest absolute Gasteiger partial charge is 0.269 e. The zero-order valence-electron chi connectivity index (χ0n) is 13.6. The van der Waals surface area contributed by atoms with Gasteiger partial charge in [0, 0.05) is 31.1 Å². The van der Waals surface area contributed by atoms with Gasteiger partial charge in [0.1, 0.15) is 0 Å². The average molecular weight is 372 g/mol. The van der Waals surface area contributed by atoms with Gasteiger partial charge in [0.2, 0.25) is 10.0 Å². The van der Waals surface area contributed by atoms with E-state index in [0.29, 0.717) is 6.54 Å². The van der Waals surface area contributed by atoms with Crippen LogP contribution in [0.5, 0.6) is 0 Å². The molecule has 0 fully saturated rings. The van der Waals surface area contributed by atoms with Crippen LogP contribution in [0.3, 0.4) is 0 Å². The van der Waals surface area contributed by atoms with Crippen LogP contribution in [0.4, 0.5) is 5.69 Å². The molecule has 0 atom stereocenters. The second-order valence-electron chi connectivity index (χ2n) is 5.55. The molecule has 3 aromatic rings. The first-order valence-corrected chi connectivity index (χ1v) is 9.22. The van der Waals surface area contributed by atoms with Gasteiger partial charge >= 0.3 is 0 Å². The van der Waals surface area contributed by atoms with E-state index in [1.807, 2.05) is 36.5 Å². The molecule has 0 aliphatic carbocycles. The number of rotatable bonds is 7. The molecule has 26 heavy (non-hydrogen) atoms. The summed E-state index contributed by atoms with van der Waals surface area (Å²) in [5.74, 6) is 0. The minimum Gasteiger partial charge on any atom is -0.268 e. The Balaban J connectivity index is 1.74. The SMILES string of the molecule is O=[N+]([O-])c1ccc(S(=O)(=O)NCc2ccccc2Cn2cccn2)cc1. The zero-order chi connectivity index (χ0) is 18.6. The number of hydrogen-bond acceptors (Lipinski definition) is 5. The molecule has 0 bridgehead atoms. The summed E-state index contributed by atoms with van der Waals surface area (Å²) in [5, 5.41) is 14.8. The van der Waals surface area contributed by atoms with Crippen molar-refractivity contribution in [2.45, 2.75) is 18.0 Å². The summed E-state index contributed by atoms with van der Waals surface area (Å²) in [7, 11) is -3.77. The van der Waals surface area contributed by atoms with Crippen molar-refractivity contribution in [3.63, 3.8) is 0 Å². The quantitative estimate of drug-likeness (QED) is 0.506. The summed E-state index contributed by atoms with van der Waals surface area (Å²) in [5.41, 5.74) is 1.62. The molecule has 0 saturated heterocycles. The van der Waals surface area contributed by atoms with Crippen LogP contribution in [-0.2, 0) is 23.1 Å².